The Hall–Kier alpha value is -0.960. The van der Waals surface area contributed by atoms with Gasteiger partial charge in [0, 0.05) is 4.47 Å². The summed E-state index contributed by atoms with van der Waals surface area (Å²) in [7, 11) is -3.78. The fraction of sp³-hybridized carbons (Fsp3) is 0.273. The zero-order chi connectivity index (χ0) is 14.9. The molecule has 20 heavy (non-hydrogen) atoms. The van der Waals surface area contributed by atoms with E-state index in [-0.39, 0.29) is 15.8 Å². The van der Waals surface area contributed by atoms with Crippen molar-refractivity contribution < 1.29 is 12.9 Å². The van der Waals surface area contributed by atoms with E-state index in [4.69, 9.17) is 16.1 Å². The summed E-state index contributed by atoms with van der Waals surface area (Å²) in [4.78, 5) is 3.97. The zero-order valence-corrected chi connectivity index (χ0v) is 13.8. The average Bonchev–Trinajstić information content (AvgIpc) is 2.74. The van der Waals surface area contributed by atoms with Gasteiger partial charge in [-0.2, -0.15) is 9.71 Å². The number of hydrogen-bond acceptors (Lipinski definition) is 5. The molecule has 0 saturated heterocycles. The second-order valence-corrected chi connectivity index (χ2v) is 7.10. The maximum absolute atomic E-state index is 12.3. The van der Waals surface area contributed by atoms with Gasteiger partial charge < -0.3 is 4.52 Å². The van der Waals surface area contributed by atoms with Gasteiger partial charge in [-0.25, -0.2) is 8.42 Å². The highest BCUT2D eigenvalue weighted by atomic mass is 79.9. The molecule has 108 valence electrons. The van der Waals surface area contributed by atoms with Crippen LogP contribution in [-0.2, 0) is 10.0 Å². The van der Waals surface area contributed by atoms with Crippen molar-refractivity contribution in [1.82, 2.24) is 14.9 Å². The monoisotopic (exact) mass is 379 g/mol. The molecule has 0 fully saturated rings. The van der Waals surface area contributed by atoms with Crippen LogP contribution in [0.5, 0.6) is 0 Å². The molecule has 0 spiro atoms. The number of nitrogens with zero attached hydrogens (tertiary/aromatic N) is 2. The van der Waals surface area contributed by atoms with Gasteiger partial charge >= 0.3 is 0 Å². The van der Waals surface area contributed by atoms with Gasteiger partial charge in [0.1, 0.15) is 4.90 Å². The van der Waals surface area contributed by atoms with Crippen molar-refractivity contribution in [3.05, 3.63) is 39.4 Å². The molecular weight excluding hydrogens is 370 g/mol. The van der Waals surface area contributed by atoms with Crippen LogP contribution in [0.2, 0.25) is 5.02 Å². The first-order valence-electron chi connectivity index (χ1n) is 5.57. The predicted molar refractivity (Wildman–Crippen MR) is 76.9 cm³/mol. The Bertz CT molecular complexity index is 732. The summed E-state index contributed by atoms with van der Waals surface area (Å²) < 4.78 is 32.6. The lowest BCUT2D eigenvalue weighted by molar-refractivity contribution is 0.351. The standard InChI is InChI=1S/C11H11BrClN3O3S/c1-6(11-14-7(2)15-19-11)16-20(17,18)10-4-3-8(12)5-9(10)13/h3-6,16H,1-2H3. The first kappa shape index (κ1) is 15.4. The summed E-state index contributed by atoms with van der Waals surface area (Å²) in [6.07, 6.45) is 0. The Morgan fingerprint density at radius 2 is 2.15 bits per heavy atom. The molecule has 6 nitrogen and oxygen atoms in total. The molecule has 0 saturated carbocycles. The number of sulfonamides is 1. The molecule has 1 unspecified atom stereocenters. The first-order valence-corrected chi connectivity index (χ1v) is 8.22. The SMILES string of the molecule is Cc1noc(C(C)NS(=O)(=O)c2ccc(Br)cc2Cl)n1. The number of halogens is 2. The lowest BCUT2D eigenvalue weighted by atomic mass is 10.4. The van der Waals surface area contributed by atoms with Crippen molar-refractivity contribution >= 4 is 37.6 Å². The van der Waals surface area contributed by atoms with Crippen molar-refractivity contribution in [3.63, 3.8) is 0 Å². The largest absolute Gasteiger partial charge is 0.338 e. The van der Waals surface area contributed by atoms with E-state index >= 15 is 0 Å². The van der Waals surface area contributed by atoms with Crippen LogP contribution < -0.4 is 4.72 Å². The van der Waals surface area contributed by atoms with Gasteiger partial charge in [0.05, 0.1) is 11.1 Å². The fourth-order valence-electron chi connectivity index (χ4n) is 1.53. The molecule has 1 heterocycles. The molecule has 1 atom stereocenters. The second-order valence-electron chi connectivity index (χ2n) is 4.10. The molecular formula is C11H11BrClN3O3S. The number of aryl methyl sites for hydroxylation is 1. The van der Waals surface area contributed by atoms with E-state index in [0.717, 1.165) is 0 Å². The van der Waals surface area contributed by atoms with Crippen molar-refractivity contribution in [2.24, 2.45) is 0 Å². The molecule has 0 amide bonds. The first-order chi connectivity index (χ1) is 9.29. The fourth-order valence-corrected chi connectivity index (χ4v) is 3.76. The third-order valence-corrected chi connectivity index (χ3v) is 4.95. The van der Waals surface area contributed by atoms with E-state index in [1.165, 1.54) is 12.1 Å². The highest BCUT2D eigenvalue weighted by Gasteiger charge is 2.24. The van der Waals surface area contributed by atoms with Crippen LogP contribution in [0.25, 0.3) is 0 Å². The van der Waals surface area contributed by atoms with E-state index in [0.29, 0.717) is 10.3 Å². The lowest BCUT2D eigenvalue weighted by Gasteiger charge is -2.11. The molecule has 2 aromatic rings. The van der Waals surface area contributed by atoms with Crippen LogP contribution in [0.4, 0.5) is 0 Å². The summed E-state index contributed by atoms with van der Waals surface area (Å²) in [6.45, 7) is 3.26. The number of hydrogen-bond donors (Lipinski definition) is 1. The Morgan fingerprint density at radius 1 is 1.45 bits per heavy atom. The molecule has 1 aromatic carbocycles. The molecule has 0 bridgehead atoms. The van der Waals surface area contributed by atoms with E-state index < -0.39 is 16.1 Å². The van der Waals surface area contributed by atoms with Gasteiger partial charge in [-0.05, 0) is 32.0 Å². The van der Waals surface area contributed by atoms with Crippen LogP contribution >= 0.6 is 27.5 Å². The summed E-state index contributed by atoms with van der Waals surface area (Å²) >= 11 is 9.17. The minimum atomic E-state index is -3.78. The molecule has 0 aliphatic rings. The third-order valence-electron chi connectivity index (χ3n) is 2.43. The summed E-state index contributed by atoms with van der Waals surface area (Å²) in [5.41, 5.74) is 0. The van der Waals surface area contributed by atoms with Crippen molar-refractivity contribution in [2.45, 2.75) is 24.8 Å². The number of aromatic nitrogens is 2. The van der Waals surface area contributed by atoms with Gasteiger partial charge in [-0.1, -0.05) is 32.7 Å². The molecule has 0 aliphatic heterocycles. The smallest absolute Gasteiger partial charge is 0.244 e. The molecule has 0 aliphatic carbocycles. The quantitative estimate of drug-likeness (QED) is 0.881. The summed E-state index contributed by atoms with van der Waals surface area (Å²) in [5, 5.41) is 3.74. The Kier molecular flexibility index (Phi) is 4.48. The maximum atomic E-state index is 12.3. The molecule has 0 radical (unpaired) electrons. The van der Waals surface area contributed by atoms with Crippen molar-refractivity contribution in [2.75, 3.05) is 0 Å². The number of rotatable bonds is 4. The minimum absolute atomic E-state index is 0.00884. The van der Waals surface area contributed by atoms with Gasteiger partial charge in [-0.3, -0.25) is 0 Å². The van der Waals surface area contributed by atoms with E-state index in [2.05, 4.69) is 30.8 Å². The van der Waals surface area contributed by atoms with Crippen LogP contribution in [0.3, 0.4) is 0 Å². The Balaban J connectivity index is 2.27. The van der Waals surface area contributed by atoms with E-state index in [1.54, 1.807) is 19.9 Å². The normalized spacial score (nSPS) is 13.4. The number of nitrogens with one attached hydrogen (secondary N) is 1. The van der Waals surface area contributed by atoms with Gasteiger partial charge in [0.2, 0.25) is 15.9 Å². The number of benzene rings is 1. The predicted octanol–water partition coefficient (Wildman–Crippen LogP) is 2.83. The van der Waals surface area contributed by atoms with E-state index in [1.807, 2.05) is 0 Å². The van der Waals surface area contributed by atoms with Crippen LogP contribution in [0.1, 0.15) is 24.7 Å². The highest BCUT2D eigenvalue weighted by Crippen LogP contribution is 2.26. The topological polar surface area (TPSA) is 85.1 Å². The van der Waals surface area contributed by atoms with Crippen LogP contribution in [-0.4, -0.2) is 18.6 Å². The summed E-state index contributed by atoms with van der Waals surface area (Å²) in [6, 6.07) is 3.88. The van der Waals surface area contributed by atoms with Crippen molar-refractivity contribution in [1.29, 1.82) is 0 Å². The van der Waals surface area contributed by atoms with Gasteiger partial charge in [-0.15, -0.1) is 0 Å². The molecule has 1 N–H and O–H groups in total. The average molecular weight is 381 g/mol. The van der Waals surface area contributed by atoms with Gasteiger partial charge in [0.25, 0.3) is 0 Å². The zero-order valence-electron chi connectivity index (χ0n) is 10.6. The van der Waals surface area contributed by atoms with Crippen molar-refractivity contribution in [3.8, 4) is 0 Å². The Labute approximate surface area is 129 Å². The lowest BCUT2D eigenvalue weighted by Crippen LogP contribution is -2.27. The molecule has 9 heteroatoms. The molecule has 2 rings (SSSR count). The second kappa shape index (κ2) is 5.80. The van der Waals surface area contributed by atoms with E-state index in [9.17, 15) is 8.42 Å². The van der Waals surface area contributed by atoms with Gasteiger partial charge in [0.15, 0.2) is 5.82 Å². The minimum Gasteiger partial charge on any atom is -0.338 e. The third kappa shape index (κ3) is 3.38. The maximum Gasteiger partial charge on any atom is 0.244 e. The van der Waals surface area contributed by atoms with Crippen LogP contribution in [0, 0.1) is 6.92 Å². The highest BCUT2D eigenvalue weighted by molar-refractivity contribution is 9.10. The summed E-state index contributed by atoms with van der Waals surface area (Å²) in [5.74, 6) is 0.632. The Morgan fingerprint density at radius 3 is 2.70 bits per heavy atom. The molecule has 1 aromatic heterocycles. The van der Waals surface area contributed by atoms with Crippen LogP contribution in [0.15, 0.2) is 32.1 Å².